The highest BCUT2D eigenvalue weighted by Gasteiger charge is 2.21. The van der Waals surface area contributed by atoms with Crippen LogP contribution in [-0.4, -0.2) is 12.6 Å². The van der Waals surface area contributed by atoms with Crippen LogP contribution in [0.2, 0.25) is 0 Å². The smallest absolute Gasteiger partial charge is 0.0152 e. The van der Waals surface area contributed by atoms with Crippen molar-refractivity contribution in [2.75, 3.05) is 7.05 Å². The Kier molecular flexibility index (Phi) is 4.74. The van der Waals surface area contributed by atoms with E-state index >= 15 is 0 Å². The third kappa shape index (κ3) is 4.41. The van der Waals surface area contributed by atoms with Gasteiger partial charge in [-0.2, -0.15) is 0 Å². The lowest BCUT2D eigenvalue weighted by molar-refractivity contribution is 0.289. The average Bonchev–Trinajstić information content (AvgIpc) is 1.87. The second kappa shape index (κ2) is 4.76. The van der Waals surface area contributed by atoms with Crippen LogP contribution < -0.4 is 5.32 Å². The Morgan fingerprint density at radius 1 is 1.36 bits per heavy atom. The van der Waals surface area contributed by atoms with Crippen LogP contribution in [0.15, 0.2) is 0 Å². The summed E-state index contributed by atoms with van der Waals surface area (Å²) in [4.78, 5) is 0. The van der Waals surface area contributed by atoms with Gasteiger partial charge in [0.1, 0.15) is 0 Å². The molecule has 0 aliphatic rings. The summed E-state index contributed by atoms with van der Waals surface area (Å²) >= 11 is 0. The van der Waals surface area contributed by atoms with E-state index in [0.717, 1.165) is 5.92 Å². The van der Waals surface area contributed by atoms with E-state index in [-0.39, 0.29) is 0 Å². The largest absolute Gasteiger partial charge is 0.315 e. The zero-order chi connectivity index (χ0) is 8.91. The third-order valence-corrected chi connectivity index (χ3v) is 2.26. The summed E-state index contributed by atoms with van der Waals surface area (Å²) in [6.07, 6.45) is 3.82. The molecule has 0 saturated carbocycles. The van der Waals surface area contributed by atoms with Crippen molar-refractivity contribution in [3.63, 3.8) is 0 Å². The molecule has 11 heavy (non-hydrogen) atoms. The third-order valence-electron chi connectivity index (χ3n) is 2.26. The molecule has 68 valence electrons. The molecule has 1 nitrogen and oxygen atoms in total. The minimum absolute atomic E-state index is 0.364. The normalized spacial score (nSPS) is 16.9. The van der Waals surface area contributed by atoms with Gasteiger partial charge in [-0.15, -0.1) is 0 Å². The van der Waals surface area contributed by atoms with Gasteiger partial charge >= 0.3 is 0 Å². The van der Waals surface area contributed by atoms with Crippen LogP contribution in [0, 0.1) is 5.92 Å². The first-order valence-corrected chi connectivity index (χ1v) is 4.73. The zero-order valence-electron chi connectivity index (χ0n) is 8.70. The van der Waals surface area contributed by atoms with Gasteiger partial charge in [-0.25, -0.2) is 0 Å². The fraction of sp³-hybridized carbons (Fsp3) is 1.00. The summed E-state index contributed by atoms with van der Waals surface area (Å²) < 4.78 is 0. The highest BCUT2D eigenvalue weighted by molar-refractivity contribution is 4.81. The van der Waals surface area contributed by atoms with Crippen molar-refractivity contribution in [2.45, 2.75) is 52.5 Å². The summed E-state index contributed by atoms with van der Waals surface area (Å²) in [5.74, 6) is 0.791. The van der Waals surface area contributed by atoms with E-state index in [0.29, 0.717) is 5.54 Å². The zero-order valence-corrected chi connectivity index (χ0v) is 8.70. The van der Waals surface area contributed by atoms with Crippen LogP contribution in [0.25, 0.3) is 0 Å². The summed E-state index contributed by atoms with van der Waals surface area (Å²) in [5.41, 5.74) is 0.364. The maximum Gasteiger partial charge on any atom is 0.0152 e. The Labute approximate surface area is 71.6 Å². The van der Waals surface area contributed by atoms with Crippen LogP contribution >= 0.6 is 0 Å². The predicted molar refractivity (Wildman–Crippen MR) is 51.8 cm³/mol. The fourth-order valence-electron chi connectivity index (χ4n) is 1.78. The molecule has 0 aromatic rings. The van der Waals surface area contributed by atoms with Crippen molar-refractivity contribution in [3.05, 3.63) is 0 Å². The van der Waals surface area contributed by atoms with Crippen molar-refractivity contribution >= 4 is 0 Å². The molecule has 1 unspecified atom stereocenters. The van der Waals surface area contributed by atoms with Gasteiger partial charge in [-0.3, -0.25) is 0 Å². The van der Waals surface area contributed by atoms with Crippen molar-refractivity contribution in [2.24, 2.45) is 5.92 Å². The lowest BCUT2D eigenvalue weighted by atomic mass is 9.87. The molecule has 0 aliphatic carbocycles. The molecule has 0 aliphatic heterocycles. The molecular formula is C10H23N. The van der Waals surface area contributed by atoms with Crippen LogP contribution in [-0.2, 0) is 0 Å². The molecule has 0 heterocycles. The maximum atomic E-state index is 3.41. The van der Waals surface area contributed by atoms with Gasteiger partial charge in [-0.05, 0) is 32.7 Å². The van der Waals surface area contributed by atoms with Crippen LogP contribution in [0.4, 0.5) is 0 Å². The van der Waals surface area contributed by atoms with E-state index < -0.39 is 0 Å². The molecule has 0 saturated heterocycles. The van der Waals surface area contributed by atoms with E-state index in [1.54, 1.807) is 0 Å². The number of rotatable bonds is 5. The van der Waals surface area contributed by atoms with E-state index in [9.17, 15) is 0 Å². The van der Waals surface area contributed by atoms with E-state index in [1.807, 2.05) is 0 Å². The Bertz CT molecular complexity index is 99.0. The molecule has 0 fully saturated rings. The molecular weight excluding hydrogens is 134 g/mol. The Morgan fingerprint density at radius 3 is 2.18 bits per heavy atom. The van der Waals surface area contributed by atoms with Gasteiger partial charge in [-0.1, -0.05) is 27.2 Å². The lowest BCUT2D eigenvalue weighted by Crippen LogP contribution is -2.40. The molecule has 0 aromatic carbocycles. The first kappa shape index (κ1) is 11.0. The molecule has 1 heteroatoms. The first-order valence-electron chi connectivity index (χ1n) is 4.73. The monoisotopic (exact) mass is 157 g/mol. The number of hydrogen-bond acceptors (Lipinski definition) is 1. The lowest BCUT2D eigenvalue weighted by Gasteiger charge is -2.30. The average molecular weight is 157 g/mol. The van der Waals surface area contributed by atoms with Gasteiger partial charge in [0, 0.05) is 5.54 Å². The van der Waals surface area contributed by atoms with Crippen LogP contribution in [0.5, 0.6) is 0 Å². The van der Waals surface area contributed by atoms with E-state index in [1.165, 1.54) is 19.3 Å². The van der Waals surface area contributed by atoms with Gasteiger partial charge in [0.15, 0.2) is 0 Å². The standard InChI is InChI=1S/C10H23N/c1-6-7-10(4,11-5)8-9(2)3/h9,11H,6-8H2,1-5H3. The highest BCUT2D eigenvalue weighted by Crippen LogP contribution is 2.20. The summed E-state index contributed by atoms with van der Waals surface area (Å²) in [6, 6.07) is 0. The maximum absolute atomic E-state index is 3.41. The van der Waals surface area contributed by atoms with Crippen molar-refractivity contribution in [3.8, 4) is 0 Å². The summed E-state index contributed by atoms with van der Waals surface area (Å²) in [5, 5.41) is 3.41. The molecule has 0 amide bonds. The Hall–Kier alpha value is -0.0400. The van der Waals surface area contributed by atoms with Gasteiger partial charge in [0.05, 0.1) is 0 Å². The quantitative estimate of drug-likeness (QED) is 0.647. The van der Waals surface area contributed by atoms with Crippen LogP contribution in [0.3, 0.4) is 0 Å². The molecule has 0 spiro atoms. The number of hydrogen-bond donors (Lipinski definition) is 1. The van der Waals surface area contributed by atoms with Crippen molar-refractivity contribution < 1.29 is 0 Å². The predicted octanol–water partition coefficient (Wildman–Crippen LogP) is 2.81. The highest BCUT2D eigenvalue weighted by atomic mass is 14.9. The van der Waals surface area contributed by atoms with E-state index in [4.69, 9.17) is 0 Å². The molecule has 0 radical (unpaired) electrons. The van der Waals surface area contributed by atoms with Crippen LogP contribution in [0.1, 0.15) is 47.0 Å². The molecule has 0 bridgehead atoms. The fourth-order valence-corrected chi connectivity index (χ4v) is 1.78. The SMILES string of the molecule is CCCC(C)(CC(C)C)NC. The molecule has 1 N–H and O–H groups in total. The van der Waals surface area contributed by atoms with Gasteiger partial charge in [0.25, 0.3) is 0 Å². The molecule has 0 aromatic heterocycles. The second-order valence-electron chi connectivity index (χ2n) is 4.16. The number of nitrogens with one attached hydrogen (secondary N) is 1. The summed E-state index contributed by atoms with van der Waals surface area (Å²) in [6.45, 7) is 9.13. The van der Waals surface area contributed by atoms with Gasteiger partial charge < -0.3 is 5.32 Å². The summed E-state index contributed by atoms with van der Waals surface area (Å²) in [7, 11) is 2.07. The second-order valence-corrected chi connectivity index (χ2v) is 4.16. The van der Waals surface area contributed by atoms with E-state index in [2.05, 4.69) is 40.1 Å². The minimum atomic E-state index is 0.364. The minimum Gasteiger partial charge on any atom is -0.315 e. The van der Waals surface area contributed by atoms with Crippen molar-refractivity contribution in [1.29, 1.82) is 0 Å². The topological polar surface area (TPSA) is 12.0 Å². The van der Waals surface area contributed by atoms with Gasteiger partial charge in [0.2, 0.25) is 0 Å². The van der Waals surface area contributed by atoms with Crippen molar-refractivity contribution in [1.82, 2.24) is 5.32 Å². The Morgan fingerprint density at radius 2 is 1.91 bits per heavy atom. The first-order chi connectivity index (χ1) is 5.04. The molecule has 0 rings (SSSR count). The molecule has 1 atom stereocenters. The Balaban J connectivity index is 3.87.